The number of hydrogen-bond donors (Lipinski definition) is 0. The molecule has 3 aromatic rings. The first kappa shape index (κ1) is 20.2. The number of ketones is 1. The second-order valence-electron chi connectivity index (χ2n) is 6.77. The molecule has 0 radical (unpaired) electrons. The molecule has 0 saturated carbocycles. The molecule has 0 bridgehead atoms. The van der Waals surface area contributed by atoms with E-state index in [0.717, 1.165) is 5.56 Å². The van der Waals surface area contributed by atoms with E-state index < -0.39 is 5.97 Å². The van der Waals surface area contributed by atoms with E-state index in [2.05, 4.69) is 4.98 Å². The molecule has 7 nitrogen and oxygen atoms in total. The number of aromatic nitrogens is 1. The van der Waals surface area contributed by atoms with Crippen LogP contribution in [0.2, 0.25) is 0 Å². The Labute approximate surface area is 178 Å². The van der Waals surface area contributed by atoms with E-state index in [4.69, 9.17) is 18.9 Å². The van der Waals surface area contributed by atoms with Crippen molar-refractivity contribution in [2.75, 3.05) is 14.2 Å². The molecule has 0 saturated heterocycles. The third kappa shape index (κ3) is 3.85. The quantitative estimate of drug-likeness (QED) is 0.349. The van der Waals surface area contributed by atoms with Crippen LogP contribution in [0.25, 0.3) is 6.08 Å². The maximum atomic E-state index is 12.8. The van der Waals surface area contributed by atoms with Crippen molar-refractivity contribution in [3.05, 3.63) is 82.9 Å². The molecule has 1 aliphatic heterocycles. The second kappa shape index (κ2) is 8.31. The number of carbonyl (C=O) groups excluding carboxylic acids is 2. The van der Waals surface area contributed by atoms with Crippen LogP contribution in [0.4, 0.5) is 0 Å². The summed E-state index contributed by atoms with van der Waals surface area (Å²) in [7, 11) is 2.92. The molecule has 1 aliphatic rings. The van der Waals surface area contributed by atoms with Crippen LogP contribution >= 0.6 is 0 Å². The molecule has 0 spiro atoms. The number of benzene rings is 2. The second-order valence-corrected chi connectivity index (χ2v) is 6.77. The van der Waals surface area contributed by atoms with E-state index >= 15 is 0 Å². The van der Waals surface area contributed by atoms with E-state index in [9.17, 15) is 9.59 Å². The fourth-order valence-electron chi connectivity index (χ4n) is 3.36. The minimum atomic E-state index is -0.649. The van der Waals surface area contributed by atoms with Crippen molar-refractivity contribution in [1.82, 2.24) is 4.98 Å². The maximum Gasteiger partial charge on any atom is 0.351 e. The Bertz CT molecular complexity index is 1180. The lowest BCUT2D eigenvalue weighted by Gasteiger charge is -2.13. The van der Waals surface area contributed by atoms with Gasteiger partial charge in [0, 0.05) is 18.5 Å². The number of fused-ring (bicyclic) bond motifs is 1. The van der Waals surface area contributed by atoms with Gasteiger partial charge in [0.05, 0.1) is 19.8 Å². The molecular weight excluding hydrogens is 398 g/mol. The van der Waals surface area contributed by atoms with Gasteiger partial charge < -0.3 is 18.9 Å². The number of nitrogens with zero attached hydrogens (tertiary/aromatic N) is 1. The van der Waals surface area contributed by atoms with E-state index in [-0.39, 0.29) is 22.9 Å². The fraction of sp³-hybridized carbons (Fsp3) is 0.125. The van der Waals surface area contributed by atoms with Crippen LogP contribution in [0.1, 0.15) is 31.8 Å². The number of esters is 1. The Kier molecular flexibility index (Phi) is 5.41. The molecular formula is C24H19NO6. The van der Waals surface area contributed by atoms with Crippen molar-refractivity contribution < 1.29 is 28.5 Å². The number of methoxy groups -OCH3 is 2. The fourth-order valence-corrected chi connectivity index (χ4v) is 3.36. The zero-order chi connectivity index (χ0) is 22.0. The summed E-state index contributed by atoms with van der Waals surface area (Å²) in [5.41, 5.74) is 1.97. The highest BCUT2D eigenvalue weighted by molar-refractivity contribution is 6.15. The summed E-state index contributed by atoms with van der Waals surface area (Å²) in [6, 6.07) is 11.7. The van der Waals surface area contributed by atoms with Crippen LogP contribution in [-0.2, 0) is 0 Å². The SMILES string of the molecule is COc1cccc(OC)c1C(=O)Oc1cc(C)c2c(c1)O/C(=C\c1cccnc1)C2=O. The summed E-state index contributed by atoms with van der Waals surface area (Å²) < 4.78 is 21.9. The van der Waals surface area contributed by atoms with Crippen LogP contribution in [0.5, 0.6) is 23.0 Å². The van der Waals surface area contributed by atoms with Crippen LogP contribution in [-0.4, -0.2) is 31.0 Å². The zero-order valence-electron chi connectivity index (χ0n) is 17.2. The Morgan fingerprint density at radius 3 is 2.45 bits per heavy atom. The molecule has 7 heteroatoms. The third-order valence-electron chi connectivity index (χ3n) is 4.77. The first-order chi connectivity index (χ1) is 15.0. The summed E-state index contributed by atoms with van der Waals surface area (Å²) in [5.74, 6) is 0.524. The molecule has 31 heavy (non-hydrogen) atoms. The number of aryl methyl sites for hydroxylation is 1. The van der Waals surface area contributed by atoms with Gasteiger partial charge in [0.25, 0.3) is 0 Å². The molecule has 0 unspecified atom stereocenters. The van der Waals surface area contributed by atoms with Crippen molar-refractivity contribution in [3.8, 4) is 23.0 Å². The third-order valence-corrected chi connectivity index (χ3v) is 4.77. The number of carbonyl (C=O) groups is 2. The van der Waals surface area contributed by atoms with Gasteiger partial charge in [-0.3, -0.25) is 9.78 Å². The zero-order valence-corrected chi connectivity index (χ0v) is 17.2. The predicted octanol–water partition coefficient (Wildman–Crippen LogP) is 4.24. The summed E-state index contributed by atoms with van der Waals surface area (Å²) in [6.07, 6.45) is 4.91. The monoisotopic (exact) mass is 417 g/mol. The van der Waals surface area contributed by atoms with Crippen molar-refractivity contribution in [3.63, 3.8) is 0 Å². The Hall–Kier alpha value is -4.13. The lowest BCUT2D eigenvalue weighted by molar-refractivity contribution is 0.0727. The predicted molar refractivity (Wildman–Crippen MR) is 113 cm³/mol. The number of allylic oxidation sites excluding steroid dienone is 1. The van der Waals surface area contributed by atoms with Gasteiger partial charge in [-0.25, -0.2) is 4.79 Å². The molecule has 0 amide bonds. The Balaban J connectivity index is 1.64. The lowest BCUT2D eigenvalue weighted by Crippen LogP contribution is -2.12. The highest BCUT2D eigenvalue weighted by Gasteiger charge is 2.31. The number of pyridine rings is 1. The van der Waals surface area contributed by atoms with Crippen LogP contribution in [0.3, 0.4) is 0 Å². The molecule has 0 N–H and O–H groups in total. The minimum absolute atomic E-state index is 0.166. The average molecular weight is 417 g/mol. The van der Waals surface area contributed by atoms with Crippen molar-refractivity contribution in [1.29, 1.82) is 0 Å². The summed E-state index contributed by atoms with van der Waals surface area (Å²) in [5, 5.41) is 0. The van der Waals surface area contributed by atoms with Gasteiger partial charge in [0.15, 0.2) is 5.76 Å². The van der Waals surface area contributed by atoms with Gasteiger partial charge in [0.1, 0.15) is 28.6 Å². The molecule has 1 aromatic heterocycles. The van der Waals surface area contributed by atoms with E-state index in [0.29, 0.717) is 28.4 Å². The first-order valence-corrected chi connectivity index (χ1v) is 9.44. The van der Waals surface area contributed by atoms with Gasteiger partial charge in [-0.15, -0.1) is 0 Å². The highest BCUT2D eigenvalue weighted by atomic mass is 16.5. The van der Waals surface area contributed by atoms with Gasteiger partial charge in [-0.05, 0) is 48.4 Å². The maximum absolute atomic E-state index is 12.8. The summed E-state index contributed by atoms with van der Waals surface area (Å²) in [6.45, 7) is 1.76. The van der Waals surface area contributed by atoms with Crippen molar-refractivity contribution in [2.24, 2.45) is 0 Å². The topological polar surface area (TPSA) is 84.0 Å². The van der Waals surface area contributed by atoms with Gasteiger partial charge in [-0.1, -0.05) is 12.1 Å². The van der Waals surface area contributed by atoms with E-state index in [1.54, 1.807) is 55.7 Å². The van der Waals surface area contributed by atoms with Crippen LogP contribution < -0.4 is 18.9 Å². The lowest BCUT2D eigenvalue weighted by atomic mass is 10.0. The average Bonchev–Trinajstić information content (AvgIpc) is 3.09. The molecule has 156 valence electrons. The number of rotatable bonds is 5. The molecule has 4 rings (SSSR count). The standard InChI is InChI=1S/C24H19NO6/c1-14-10-16(30-24(27)22-17(28-2)7-4-8-18(22)29-3)12-19-21(14)23(26)20(31-19)11-15-6-5-9-25-13-15/h4-13H,1-3H3/b20-11-. The minimum Gasteiger partial charge on any atom is -0.496 e. The largest absolute Gasteiger partial charge is 0.496 e. The van der Waals surface area contributed by atoms with Crippen LogP contribution in [0, 0.1) is 6.92 Å². The smallest absolute Gasteiger partial charge is 0.351 e. The number of ether oxygens (including phenoxy) is 4. The highest BCUT2D eigenvalue weighted by Crippen LogP contribution is 2.38. The van der Waals surface area contributed by atoms with E-state index in [1.165, 1.54) is 20.3 Å². The van der Waals surface area contributed by atoms with Gasteiger partial charge in [-0.2, -0.15) is 0 Å². The first-order valence-electron chi connectivity index (χ1n) is 9.44. The number of Topliss-reactive ketones (excluding diaryl/α,β-unsaturated/α-hetero) is 1. The Morgan fingerprint density at radius 1 is 1.06 bits per heavy atom. The molecule has 0 aliphatic carbocycles. The van der Waals surface area contributed by atoms with E-state index in [1.807, 2.05) is 6.07 Å². The summed E-state index contributed by atoms with van der Waals surface area (Å²) >= 11 is 0. The van der Waals surface area contributed by atoms with Crippen molar-refractivity contribution in [2.45, 2.75) is 6.92 Å². The molecule has 2 heterocycles. The Morgan fingerprint density at radius 2 is 1.81 bits per heavy atom. The van der Waals surface area contributed by atoms with Crippen LogP contribution in [0.15, 0.2) is 60.6 Å². The number of hydrogen-bond acceptors (Lipinski definition) is 7. The van der Waals surface area contributed by atoms with Gasteiger partial charge in [0.2, 0.25) is 5.78 Å². The summed E-state index contributed by atoms with van der Waals surface area (Å²) in [4.78, 5) is 29.7. The van der Waals surface area contributed by atoms with Crippen molar-refractivity contribution >= 4 is 17.8 Å². The van der Waals surface area contributed by atoms with Gasteiger partial charge >= 0.3 is 5.97 Å². The molecule has 0 fully saturated rings. The normalized spacial score (nSPS) is 13.5. The molecule has 2 aromatic carbocycles. The molecule has 0 atom stereocenters.